The average Bonchev–Trinajstić information content (AvgIpc) is 2.04. The highest BCUT2D eigenvalue weighted by Crippen LogP contribution is 2.17. The molecule has 0 radical (unpaired) electrons. The van der Waals surface area contributed by atoms with Gasteiger partial charge >= 0.3 is 0 Å². The van der Waals surface area contributed by atoms with Gasteiger partial charge in [0, 0.05) is 7.05 Å². The summed E-state index contributed by atoms with van der Waals surface area (Å²) >= 11 is 0. The van der Waals surface area contributed by atoms with Crippen molar-refractivity contribution in [1.29, 1.82) is 5.53 Å². The summed E-state index contributed by atoms with van der Waals surface area (Å²) in [6, 6.07) is 7.84. The Balaban J connectivity index is 3.02. The van der Waals surface area contributed by atoms with E-state index < -0.39 is 0 Å². The number of nitrogens with one attached hydrogen (secondary N) is 1. The van der Waals surface area contributed by atoms with Crippen molar-refractivity contribution in [1.82, 2.24) is 0 Å². The second kappa shape index (κ2) is 3.14. The highest BCUT2D eigenvalue weighted by Gasteiger charge is 1.99. The smallest absolute Gasteiger partial charge is 0.0636 e. The standard InChI is InChI=1S/C8H11N3/c1-7-5-3-4-6-8(7)11(2)10-9/h3-6,9H,1-2H3. The summed E-state index contributed by atoms with van der Waals surface area (Å²) in [7, 11) is 1.76. The van der Waals surface area contributed by atoms with Crippen molar-refractivity contribution >= 4 is 5.69 Å². The van der Waals surface area contributed by atoms with E-state index in [-0.39, 0.29) is 0 Å². The summed E-state index contributed by atoms with van der Waals surface area (Å²) in [5, 5.41) is 4.84. The first kappa shape index (κ1) is 7.72. The van der Waals surface area contributed by atoms with Crippen molar-refractivity contribution < 1.29 is 0 Å². The Morgan fingerprint density at radius 2 is 2.00 bits per heavy atom. The van der Waals surface area contributed by atoms with Gasteiger partial charge in [0.15, 0.2) is 0 Å². The topological polar surface area (TPSA) is 39.5 Å². The Labute approximate surface area is 66.1 Å². The zero-order chi connectivity index (χ0) is 8.27. The van der Waals surface area contributed by atoms with Gasteiger partial charge in [-0.25, -0.2) is 0 Å². The molecule has 0 unspecified atom stereocenters. The zero-order valence-electron chi connectivity index (χ0n) is 6.70. The molecule has 1 N–H and O–H groups in total. The number of rotatable bonds is 2. The summed E-state index contributed by atoms with van der Waals surface area (Å²) in [4.78, 5) is 0. The third-order valence-electron chi connectivity index (χ3n) is 1.61. The summed E-state index contributed by atoms with van der Waals surface area (Å²) in [6.45, 7) is 2.00. The van der Waals surface area contributed by atoms with Crippen LogP contribution in [0.5, 0.6) is 0 Å². The molecule has 1 aromatic carbocycles. The number of aryl methyl sites for hydroxylation is 1. The number of hydrogen-bond acceptors (Lipinski definition) is 2. The molecule has 0 saturated heterocycles. The molecule has 0 aromatic heterocycles. The molecule has 0 aliphatic heterocycles. The number of nitrogens with zero attached hydrogens (tertiary/aromatic N) is 2. The Morgan fingerprint density at radius 1 is 1.36 bits per heavy atom. The van der Waals surface area contributed by atoms with E-state index in [1.807, 2.05) is 31.2 Å². The van der Waals surface area contributed by atoms with Crippen molar-refractivity contribution in [2.24, 2.45) is 5.22 Å². The number of benzene rings is 1. The minimum absolute atomic E-state index is 0.975. The fourth-order valence-electron chi connectivity index (χ4n) is 0.980. The fourth-order valence-corrected chi connectivity index (χ4v) is 0.980. The minimum atomic E-state index is 0.975. The van der Waals surface area contributed by atoms with Gasteiger partial charge in [-0.2, -0.15) is 5.53 Å². The SMILES string of the molecule is Cc1ccccc1N(C)N=N. The van der Waals surface area contributed by atoms with Crippen LogP contribution < -0.4 is 5.01 Å². The molecule has 0 bridgehead atoms. The molecule has 3 nitrogen and oxygen atoms in total. The second-order valence-corrected chi connectivity index (χ2v) is 2.41. The van der Waals surface area contributed by atoms with Crippen LogP contribution in [0.15, 0.2) is 29.5 Å². The lowest BCUT2D eigenvalue weighted by molar-refractivity contribution is 0.874. The van der Waals surface area contributed by atoms with Crippen LogP contribution in [0, 0.1) is 12.5 Å². The molecule has 3 heteroatoms. The van der Waals surface area contributed by atoms with Crippen molar-refractivity contribution in [2.45, 2.75) is 6.92 Å². The Kier molecular flexibility index (Phi) is 2.21. The van der Waals surface area contributed by atoms with Gasteiger partial charge in [0.25, 0.3) is 0 Å². The van der Waals surface area contributed by atoms with Crippen molar-refractivity contribution in [3.05, 3.63) is 29.8 Å². The van der Waals surface area contributed by atoms with Gasteiger partial charge in [0.05, 0.1) is 5.69 Å². The molecule has 0 atom stereocenters. The molecular formula is C8H11N3. The summed E-state index contributed by atoms with van der Waals surface area (Å²) < 4.78 is 0. The average molecular weight is 149 g/mol. The summed E-state index contributed by atoms with van der Waals surface area (Å²) in [5.74, 6) is 0. The lowest BCUT2D eigenvalue weighted by Crippen LogP contribution is -2.07. The lowest BCUT2D eigenvalue weighted by Gasteiger charge is -2.12. The molecule has 0 heterocycles. The first-order valence-electron chi connectivity index (χ1n) is 3.42. The Bertz CT molecular complexity index is 257. The molecule has 0 saturated carbocycles. The quantitative estimate of drug-likeness (QED) is 0.509. The molecule has 0 spiro atoms. The third-order valence-corrected chi connectivity index (χ3v) is 1.61. The molecular weight excluding hydrogens is 138 g/mol. The predicted octanol–water partition coefficient (Wildman–Crippen LogP) is 2.38. The van der Waals surface area contributed by atoms with Crippen LogP contribution in [-0.4, -0.2) is 7.05 Å². The van der Waals surface area contributed by atoms with Gasteiger partial charge in [0.1, 0.15) is 0 Å². The molecule has 58 valence electrons. The largest absolute Gasteiger partial charge is 0.250 e. The van der Waals surface area contributed by atoms with Crippen molar-refractivity contribution in [2.75, 3.05) is 12.1 Å². The number of para-hydroxylation sites is 1. The summed E-state index contributed by atoms with van der Waals surface area (Å²) in [6.07, 6.45) is 0. The predicted molar refractivity (Wildman–Crippen MR) is 44.7 cm³/mol. The van der Waals surface area contributed by atoms with Crippen LogP contribution in [0.1, 0.15) is 5.56 Å². The zero-order valence-corrected chi connectivity index (χ0v) is 6.70. The molecule has 1 aromatic rings. The minimum Gasteiger partial charge on any atom is -0.250 e. The van der Waals surface area contributed by atoms with E-state index in [1.165, 1.54) is 5.01 Å². The van der Waals surface area contributed by atoms with E-state index in [4.69, 9.17) is 5.53 Å². The summed E-state index contributed by atoms with van der Waals surface area (Å²) in [5.41, 5.74) is 8.90. The van der Waals surface area contributed by atoms with Gasteiger partial charge in [-0.3, -0.25) is 5.01 Å². The molecule has 0 aliphatic carbocycles. The van der Waals surface area contributed by atoms with Gasteiger partial charge in [-0.05, 0) is 18.6 Å². The molecule has 0 amide bonds. The Morgan fingerprint density at radius 3 is 2.55 bits per heavy atom. The van der Waals surface area contributed by atoms with Crippen LogP contribution in [0.25, 0.3) is 0 Å². The maximum atomic E-state index is 6.79. The van der Waals surface area contributed by atoms with Gasteiger partial charge in [0.2, 0.25) is 0 Å². The highest BCUT2D eigenvalue weighted by atomic mass is 15.5. The van der Waals surface area contributed by atoms with E-state index in [1.54, 1.807) is 7.05 Å². The van der Waals surface area contributed by atoms with Gasteiger partial charge in [-0.1, -0.05) is 23.4 Å². The molecule has 0 fully saturated rings. The maximum absolute atomic E-state index is 6.79. The second-order valence-electron chi connectivity index (χ2n) is 2.41. The van der Waals surface area contributed by atoms with Crippen molar-refractivity contribution in [3.63, 3.8) is 0 Å². The maximum Gasteiger partial charge on any atom is 0.0636 e. The Hall–Kier alpha value is -1.38. The van der Waals surface area contributed by atoms with E-state index >= 15 is 0 Å². The molecule has 1 rings (SSSR count). The van der Waals surface area contributed by atoms with Gasteiger partial charge in [-0.15, -0.1) is 0 Å². The van der Waals surface area contributed by atoms with E-state index in [0.717, 1.165) is 11.3 Å². The van der Waals surface area contributed by atoms with Crippen LogP contribution >= 0.6 is 0 Å². The van der Waals surface area contributed by atoms with Gasteiger partial charge < -0.3 is 0 Å². The van der Waals surface area contributed by atoms with E-state index in [9.17, 15) is 0 Å². The molecule has 0 aliphatic rings. The first-order chi connectivity index (χ1) is 5.25. The van der Waals surface area contributed by atoms with E-state index in [2.05, 4.69) is 5.22 Å². The number of hydrogen-bond donors (Lipinski definition) is 1. The van der Waals surface area contributed by atoms with Crippen LogP contribution in [-0.2, 0) is 0 Å². The third kappa shape index (κ3) is 1.55. The number of anilines is 1. The van der Waals surface area contributed by atoms with Crippen LogP contribution in [0.2, 0.25) is 0 Å². The normalized spacial score (nSPS) is 9.27. The fraction of sp³-hybridized carbons (Fsp3) is 0.250. The molecule has 11 heavy (non-hydrogen) atoms. The van der Waals surface area contributed by atoms with E-state index in [0.29, 0.717) is 0 Å². The van der Waals surface area contributed by atoms with Crippen LogP contribution in [0.4, 0.5) is 5.69 Å². The van der Waals surface area contributed by atoms with Crippen molar-refractivity contribution in [3.8, 4) is 0 Å². The lowest BCUT2D eigenvalue weighted by atomic mass is 10.2. The first-order valence-corrected chi connectivity index (χ1v) is 3.42. The highest BCUT2D eigenvalue weighted by molar-refractivity contribution is 5.51. The van der Waals surface area contributed by atoms with Crippen LogP contribution in [0.3, 0.4) is 0 Å². The monoisotopic (exact) mass is 149 g/mol.